The highest BCUT2D eigenvalue weighted by Crippen LogP contribution is 2.39. The third-order valence-corrected chi connectivity index (χ3v) is 5.36. The van der Waals surface area contributed by atoms with Crippen molar-refractivity contribution in [1.29, 1.82) is 0 Å². The molecule has 134 valence electrons. The molecule has 1 aliphatic rings. The Kier molecular flexibility index (Phi) is 4.38. The fraction of sp³-hybridized carbons (Fsp3) is 0.263. The number of urea groups is 1. The van der Waals surface area contributed by atoms with E-state index < -0.39 is 0 Å². The molecule has 0 atom stereocenters. The van der Waals surface area contributed by atoms with Gasteiger partial charge in [0.25, 0.3) is 0 Å². The van der Waals surface area contributed by atoms with Gasteiger partial charge in [-0.3, -0.25) is 0 Å². The van der Waals surface area contributed by atoms with Gasteiger partial charge in [0, 0.05) is 17.7 Å². The summed E-state index contributed by atoms with van der Waals surface area (Å²) in [7, 11) is 0. The number of hydrogen-bond acceptors (Lipinski definition) is 5. The van der Waals surface area contributed by atoms with Gasteiger partial charge in [-0.15, -0.1) is 11.3 Å². The van der Waals surface area contributed by atoms with Crippen molar-refractivity contribution < 1.29 is 14.6 Å². The van der Waals surface area contributed by atoms with Crippen LogP contribution in [-0.4, -0.2) is 40.7 Å². The van der Waals surface area contributed by atoms with E-state index in [1.807, 2.05) is 37.3 Å². The summed E-state index contributed by atoms with van der Waals surface area (Å²) in [5, 5.41) is 14.1. The van der Waals surface area contributed by atoms with Crippen LogP contribution in [-0.2, 0) is 6.54 Å². The van der Waals surface area contributed by atoms with Gasteiger partial charge < -0.3 is 20.1 Å². The lowest BCUT2D eigenvalue weighted by atomic mass is 10.1. The lowest BCUT2D eigenvalue weighted by molar-refractivity contribution is 0.188. The Morgan fingerprint density at radius 2 is 2.23 bits per heavy atom. The summed E-state index contributed by atoms with van der Waals surface area (Å²) >= 11 is 1.57. The molecule has 2 aromatic carbocycles. The number of benzene rings is 2. The maximum absolute atomic E-state index is 12.2. The fourth-order valence-corrected chi connectivity index (χ4v) is 4.01. The van der Waals surface area contributed by atoms with Crippen LogP contribution >= 0.6 is 11.3 Å². The van der Waals surface area contributed by atoms with E-state index in [4.69, 9.17) is 4.74 Å². The van der Waals surface area contributed by atoms with Crippen molar-refractivity contribution in [2.45, 2.75) is 13.5 Å². The van der Waals surface area contributed by atoms with Crippen LogP contribution in [0.2, 0.25) is 0 Å². The number of nitrogens with one attached hydrogen (secondary N) is 1. The van der Waals surface area contributed by atoms with Crippen molar-refractivity contribution in [3.8, 4) is 22.1 Å². The van der Waals surface area contributed by atoms with Crippen molar-refractivity contribution >= 4 is 27.6 Å². The Labute approximate surface area is 155 Å². The molecule has 0 spiro atoms. The number of carbonyl (C=O) groups excluding carboxylic acids is 1. The van der Waals surface area contributed by atoms with Crippen LogP contribution in [0.3, 0.4) is 0 Å². The number of carbonyl (C=O) groups is 1. The summed E-state index contributed by atoms with van der Waals surface area (Å²) in [4.78, 5) is 18.5. The summed E-state index contributed by atoms with van der Waals surface area (Å²) in [6.45, 7) is 3.65. The standard InChI is InChI=1S/C19H19N3O3S/c1-2-20-19(24)22-7-8-25-17-13(11-22)9-12(10-15(17)23)18-21-14-5-3-4-6-16(14)26-18/h3-6,9-10,23H,2,7-8,11H2,1H3,(H,20,24). The molecule has 2 heterocycles. The molecule has 2 amide bonds. The molecular weight excluding hydrogens is 350 g/mol. The topological polar surface area (TPSA) is 74.7 Å². The van der Waals surface area contributed by atoms with E-state index >= 15 is 0 Å². The number of thiazole rings is 1. The number of aromatic nitrogens is 1. The van der Waals surface area contributed by atoms with Gasteiger partial charge in [0.15, 0.2) is 11.5 Å². The Balaban J connectivity index is 1.73. The molecule has 1 aromatic heterocycles. The summed E-state index contributed by atoms with van der Waals surface area (Å²) in [5.41, 5.74) is 2.54. The van der Waals surface area contributed by atoms with Crippen LogP contribution in [0, 0.1) is 0 Å². The lowest BCUT2D eigenvalue weighted by Crippen LogP contribution is -2.40. The molecule has 2 N–H and O–H groups in total. The second-order valence-electron chi connectivity index (χ2n) is 6.08. The number of phenolic OH excluding ortho intramolecular Hbond substituents is 1. The smallest absolute Gasteiger partial charge is 0.317 e. The minimum Gasteiger partial charge on any atom is -0.504 e. The number of fused-ring (bicyclic) bond motifs is 2. The first kappa shape index (κ1) is 16.7. The monoisotopic (exact) mass is 369 g/mol. The Morgan fingerprint density at radius 3 is 3.04 bits per heavy atom. The number of aromatic hydroxyl groups is 1. The van der Waals surface area contributed by atoms with Gasteiger partial charge in [-0.1, -0.05) is 12.1 Å². The first-order valence-electron chi connectivity index (χ1n) is 8.53. The lowest BCUT2D eigenvalue weighted by Gasteiger charge is -2.20. The molecule has 0 bridgehead atoms. The van der Waals surface area contributed by atoms with E-state index in [0.29, 0.717) is 32.0 Å². The average molecular weight is 369 g/mol. The van der Waals surface area contributed by atoms with Gasteiger partial charge in [0.1, 0.15) is 11.6 Å². The van der Waals surface area contributed by atoms with Crippen LogP contribution in [0.5, 0.6) is 11.5 Å². The summed E-state index contributed by atoms with van der Waals surface area (Å²) < 4.78 is 6.79. The maximum Gasteiger partial charge on any atom is 0.317 e. The Morgan fingerprint density at radius 1 is 1.38 bits per heavy atom. The molecule has 1 aliphatic heterocycles. The van der Waals surface area contributed by atoms with Crippen molar-refractivity contribution in [1.82, 2.24) is 15.2 Å². The minimum absolute atomic E-state index is 0.0782. The van der Waals surface area contributed by atoms with E-state index in [-0.39, 0.29) is 11.8 Å². The van der Waals surface area contributed by atoms with E-state index in [9.17, 15) is 9.90 Å². The molecular formula is C19H19N3O3S. The van der Waals surface area contributed by atoms with Gasteiger partial charge in [-0.25, -0.2) is 9.78 Å². The van der Waals surface area contributed by atoms with Crippen molar-refractivity contribution in [2.24, 2.45) is 0 Å². The van der Waals surface area contributed by atoms with Gasteiger partial charge in [-0.05, 0) is 31.2 Å². The van der Waals surface area contributed by atoms with Crippen molar-refractivity contribution in [3.05, 3.63) is 42.0 Å². The fourth-order valence-electron chi connectivity index (χ4n) is 3.05. The highest BCUT2D eigenvalue weighted by molar-refractivity contribution is 7.21. The second-order valence-corrected chi connectivity index (χ2v) is 7.11. The largest absolute Gasteiger partial charge is 0.504 e. The molecule has 0 saturated carbocycles. The van der Waals surface area contributed by atoms with Gasteiger partial charge in [0.05, 0.1) is 23.3 Å². The maximum atomic E-state index is 12.2. The second kappa shape index (κ2) is 6.84. The average Bonchev–Trinajstić information content (AvgIpc) is 2.94. The number of phenols is 1. The number of nitrogens with zero attached hydrogens (tertiary/aromatic N) is 2. The SMILES string of the molecule is CCNC(=O)N1CCOc2c(O)cc(-c3nc4ccccc4s3)cc2C1. The van der Waals surface area contributed by atoms with E-state index in [0.717, 1.165) is 26.4 Å². The molecule has 7 heteroatoms. The zero-order valence-corrected chi connectivity index (χ0v) is 15.2. The number of para-hydroxylation sites is 1. The van der Waals surface area contributed by atoms with Crippen LogP contribution in [0.1, 0.15) is 12.5 Å². The number of rotatable bonds is 2. The third-order valence-electron chi connectivity index (χ3n) is 4.27. The molecule has 6 nitrogen and oxygen atoms in total. The Hall–Kier alpha value is -2.80. The molecule has 0 saturated heterocycles. The first-order chi connectivity index (χ1) is 12.7. The quantitative estimate of drug-likeness (QED) is 0.724. The molecule has 3 aromatic rings. The van der Waals surface area contributed by atoms with Crippen LogP contribution < -0.4 is 10.1 Å². The summed E-state index contributed by atoms with van der Waals surface area (Å²) in [6.07, 6.45) is 0. The predicted molar refractivity (Wildman–Crippen MR) is 102 cm³/mol. The van der Waals surface area contributed by atoms with Gasteiger partial charge >= 0.3 is 6.03 Å². The van der Waals surface area contributed by atoms with Crippen LogP contribution in [0.4, 0.5) is 4.79 Å². The zero-order valence-electron chi connectivity index (χ0n) is 14.4. The molecule has 26 heavy (non-hydrogen) atoms. The highest BCUT2D eigenvalue weighted by Gasteiger charge is 2.23. The highest BCUT2D eigenvalue weighted by atomic mass is 32.1. The number of amides is 2. The molecule has 4 rings (SSSR count). The molecule has 0 unspecified atom stereocenters. The number of hydrogen-bond donors (Lipinski definition) is 2. The molecule has 0 radical (unpaired) electrons. The third kappa shape index (κ3) is 3.06. The van der Waals surface area contributed by atoms with Crippen LogP contribution in [0.15, 0.2) is 36.4 Å². The van der Waals surface area contributed by atoms with Gasteiger partial charge in [0.2, 0.25) is 0 Å². The van der Waals surface area contributed by atoms with Crippen molar-refractivity contribution in [2.75, 3.05) is 19.7 Å². The van der Waals surface area contributed by atoms with Gasteiger partial charge in [-0.2, -0.15) is 0 Å². The van der Waals surface area contributed by atoms with Crippen LogP contribution in [0.25, 0.3) is 20.8 Å². The molecule has 0 fully saturated rings. The number of ether oxygens (including phenoxy) is 1. The van der Waals surface area contributed by atoms with E-state index in [1.54, 1.807) is 22.3 Å². The van der Waals surface area contributed by atoms with E-state index in [2.05, 4.69) is 10.3 Å². The van der Waals surface area contributed by atoms with Crippen molar-refractivity contribution in [3.63, 3.8) is 0 Å². The minimum atomic E-state index is -0.131. The summed E-state index contributed by atoms with van der Waals surface area (Å²) in [6, 6.07) is 11.4. The molecule has 0 aliphatic carbocycles. The van der Waals surface area contributed by atoms with E-state index in [1.165, 1.54) is 0 Å². The first-order valence-corrected chi connectivity index (χ1v) is 9.34. The summed E-state index contributed by atoms with van der Waals surface area (Å²) in [5.74, 6) is 0.524. The zero-order chi connectivity index (χ0) is 18.1. The normalized spacial score (nSPS) is 13.8. The Bertz CT molecular complexity index is 937. The predicted octanol–water partition coefficient (Wildman–Crippen LogP) is 3.59.